The largest absolute Gasteiger partial charge is 0.457 e. The second-order valence-corrected chi connectivity index (χ2v) is 4.17. The van der Waals surface area contributed by atoms with Crippen molar-refractivity contribution in [3.63, 3.8) is 0 Å². The van der Waals surface area contributed by atoms with Crippen LogP contribution in [0.2, 0.25) is 5.02 Å². The van der Waals surface area contributed by atoms with E-state index in [-0.39, 0.29) is 6.10 Å². The highest BCUT2D eigenvalue weighted by Gasteiger charge is 2.21. The standard InChI is InChI=1S/C11H13ClN2O2/c12-10-5-7(13)1-2-9(10)11(15)16-8-3-4-14-6-8/h1-2,5,8,14H,3-4,6,13H2. The van der Waals surface area contributed by atoms with Crippen LogP contribution >= 0.6 is 11.6 Å². The van der Waals surface area contributed by atoms with Crippen LogP contribution < -0.4 is 11.1 Å². The summed E-state index contributed by atoms with van der Waals surface area (Å²) in [6.45, 7) is 1.59. The number of hydrogen-bond donors (Lipinski definition) is 2. The number of carbonyl (C=O) groups is 1. The number of carbonyl (C=O) groups excluding carboxylic acids is 1. The minimum absolute atomic E-state index is 0.0545. The SMILES string of the molecule is Nc1ccc(C(=O)OC2CCNC2)c(Cl)c1. The van der Waals surface area contributed by atoms with E-state index in [0.29, 0.717) is 22.8 Å². The summed E-state index contributed by atoms with van der Waals surface area (Å²) in [6.07, 6.45) is 0.791. The first-order valence-electron chi connectivity index (χ1n) is 5.13. The van der Waals surface area contributed by atoms with Gasteiger partial charge in [-0.1, -0.05) is 11.6 Å². The molecule has 86 valence electrons. The number of anilines is 1. The topological polar surface area (TPSA) is 64.4 Å². The zero-order chi connectivity index (χ0) is 11.5. The summed E-state index contributed by atoms with van der Waals surface area (Å²) in [4.78, 5) is 11.8. The number of hydrogen-bond acceptors (Lipinski definition) is 4. The lowest BCUT2D eigenvalue weighted by atomic mass is 10.2. The Morgan fingerprint density at radius 1 is 1.56 bits per heavy atom. The molecule has 0 bridgehead atoms. The third kappa shape index (κ3) is 2.46. The molecule has 0 aliphatic carbocycles. The monoisotopic (exact) mass is 240 g/mol. The number of nitrogen functional groups attached to an aromatic ring is 1. The smallest absolute Gasteiger partial charge is 0.339 e. The molecule has 16 heavy (non-hydrogen) atoms. The van der Waals surface area contributed by atoms with Crippen molar-refractivity contribution in [1.29, 1.82) is 0 Å². The van der Waals surface area contributed by atoms with Gasteiger partial charge < -0.3 is 15.8 Å². The highest BCUT2D eigenvalue weighted by atomic mass is 35.5. The van der Waals surface area contributed by atoms with Crippen LogP contribution in [0.5, 0.6) is 0 Å². The molecule has 2 rings (SSSR count). The number of rotatable bonds is 2. The Balaban J connectivity index is 2.08. The van der Waals surface area contributed by atoms with Gasteiger partial charge in [-0.2, -0.15) is 0 Å². The van der Waals surface area contributed by atoms with E-state index in [0.717, 1.165) is 13.0 Å². The van der Waals surface area contributed by atoms with Crippen LogP contribution in [0.3, 0.4) is 0 Å². The first-order valence-corrected chi connectivity index (χ1v) is 5.51. The molecule has 1 aromatic carbocycles. The van der Waals surface area contributed by atoms with Gasteiger partial charge in [-0.25, -0.2) is 4.79 Å². The molecular formula is C11H13ClN2O2. The molecule has 3 N–H and O–H groups in total. The Morgan fingerprint density at radius 2 is 2.38 bits per heavy atom. The molecular weight excluding hydrogens is 228 g/mol. The van der Waals surface area contributed by atoms with Crippen molar-refractivity contribution in [1.82, 2.24) is 5.32 Å². The van der Waals surface area contributed by atoms with Crippen molar-refractivity contribution >= 4 is 23.3 Å². The molecule has 5 heteroatoms. The summed E-state index contributed by atoms with van der Waals surface area (Å²) in [7, 11) is 0. The molecule has 0 spiro atoms. The number of esters is 1. The number of nitrogens with one attached hydrogen (secondary N) is 1. The molecule has 1 fully saturated rings. The van der Waals surface area contributed by atoms with Crippen molar-refractivity contribution in [2.24, 2.45) is 0 Å². The number of nitrogens with two attached hydrogens (primary N) is 1. The zero-order valence-corrected chi connectivity index (χ0v) is 9.46. The summed E-state index contributed by atoms with van der Waals surface area (Å²) in [5.41, 5.74) is 6.44. The first kappa shape index (κ1) is 11.2. The average molecular weight is 241 g/mol. The Morgan fingerprint density at radius 3 is 3.00 bits per heavy atom. The van der Waals surface area contributed by atoms with E-state index in [4.69, 9.17) is 22.1 Å². The van der Waals surface area contributed by atoms with E-state index < -0.39 is 5.97 Å². The van der Waals surface area contributed by atoms with Gasteiger partial charge in [0, 0.05) is 12.2 Å². The molecule has 0 radical (unpaired) electrons. The predicted molar refractivity (Wildman–Crippen MR) is 62.6 cm³/mol. The molecule has 1 aliphatic rings. The third-order valence-corrected chi connectivity index (χ3v) is 2.81. The number of ether oxygens (including phenoxy) is 1. The summed E-state index contributed by atoms with van der Waals surface area (Å²) in [5, 5.41) is 3.45. The van der Waals surface area contributed by atoms with Crippen molar-refractivity contribution in [2.75, 3.05) is 18.8 Å². The van der Waals surface area contributed by atoms with Gasteiger partial charge in [0.15, 0.2) is 0 Å². The maximum absolute atomic E-state index is 11.8. The molecule has 1 aliphatic heterocycles. The normalized spacial score (nSPS) is 19.7. The summed E-state index contributed by atoms with van der Waals surface area (Å²) < 4.78 is 5.29. The highest BCUT2D eigenvalue weighted by molar-refractivity contribution is 6.33. The lowest BCUT2D eigenvalue weighted by Crippen LogP contribution is -2.21. The van der Waals surface area contributed by atoms with E-state index in [2.05, 4.69) is 5.32 Å². The van der Waals surface area contributed by atoms with E-state index in [1.807, 2.05) is 0 Å². The van der Waals surface area contributed by atoms with Gasteiger partial charge in [-0.05, 0) is 31.2 Å². The van der Waals surface area contributed by atoms with Gasteiger partial charge in [-0.15, -0.1) is 0 Å². The van der Waals surface area contributed by atoms with Crippen molar-refractivity contribution in [3.8, 4) is 0 Å². The van der Waals surface area contributed by atoms with Crippen LogP contribution in [0.1, 0.15) is 16.8 Å². The van der Waals surface area contributed by atoms with E-state index >= 15 is 0 Å². The Kier molecular flexibility index (Phi) is 3.31. The molecule has 1 atom stereocenters. The fourth-order valence-electron chi connectivity index (χ4n) is 1.64. The van der Waals surface area contributed by atoms with Crippen LogP contribution in [0.15, 0.2) is 18.2 Å². The van der Waals surface area contributed by atoms with Gasteiger partial charge in [-0.3, -0.25) is 0 Å². The molecule has 1 heterocycles. The van der Waals surface area contributed by atoms with Crippen LogP contribution in [0.4, 0.5) is 5.69 Å². The summed E-state index contributed by atoms with van der Waals surface area (Å²) >= 11 is 5.91. The Hall–Kier alpha value is -1.26. The average Bonchev–Trinajstić information content (AvgIpc) is 2.70. The second-order valence-electron chi connectivity index (χ2n) is 3.76. The summed E-state index contributed by atoms with van der Waals surface area (Å²) in [5.74, 6) is -0.390. The lowest BCUT2D eigenvalue weighted by molar-refractivity contribution is 0.0345. The maximum atomic E-state index is 11.8. The van der Waals surface area contributed by atoms with Gasteiger partial charge in [0.05, 0.1) is 10.6 Å². The van der Waals surface area contributed by atoms with Crippen LogP contribution in [-0.4, -0.2) is 25.2 Å². The molecule has 1 unspecified atom stereocenters. The fourth-order valence-corrected chi connectivity index (χ4v) is 1.91. The van der Waals surface area contributed by atoms with E-state index in [1.54, 1.807) is 18.2 Å². The Bertz CT molecular complexity index is 403. The minimum Gasteiger partial charge on any atom is -0.457 e. The van der Waals surface area contributed by atoms with E-state index in [9.17, 15) is 4.79 Å². The van der Waals surface area contributed by atoms with Crippen LogP contribution in [-0.2, 0) is 4.74 Å². The maximum Gasteiger partial charge on any atom is 0.339 e. The molecule has 1 aromatic rings. The minimum atomic E-state index is -0.390. The first-order chi connectivity index (χ1) is 7.66. The molecule has 0 aromatic heterocycles. The van der Waals surface area contributed by atoms with Crippen molar-refractivity contribution < 1.29 is 9.53 Å². The second kappa shape index (κ2) is 4.72. The van der Waals surface area contributed by atoms with Gasteiger partial charge in [0.2, 0.25) is 0 Å². The van der Waals surface area contributed by atoms with E-state index in [1.165, 1.54) is 0 Å². The molecule has 4 nitrogen and oxygen atoms in total. The predicted octanol–water partition coefficient (Wildman–Crippen LogP) is 1.44. The molecule has 0 saturated carbocycles. The molecule has 1 saturated heterocycles. The van der Waals surface area contributed by atoms with Gasteiger partial charge in [0.1, 0.15) is 6.10 Å². The van der Waals surface area contributed by atoms with Gasteiger partial charge in [0.25, 0.3) is 0 Å². The zero-order valence-electron chi connectivity index (χ0n) is 8.70. The van der Waals surface area contributed by atoms with Crippen LogP contribution in [0, 0.1) is 0 Å². The lowest BCUT2D eigenvalue weighted by Gasteiger charge is -2.11. The summed E-state index contributed by atoms with van der Waals surface area (Å²) in [6, 6.07) is 4.77. The van der Waals surface area contributed by atoms with Gasteiger partial charge >= 0.3 is 5.97 Å². The number of benzene rings is 1. The quantitative estimate of drug-likeness (QED) is 0.607. The number of halogens is 1. The molecule has 0 amide bonds. The van der Waals surface area contributed by atoms with Crippen LogP contribution in [0.25, 0.3) is 0 Å². The van der Waals surface area contributed by atoms with Crippen molar-refractivity contribution in [2.45, 2.75) is 12.5 Å². The van der Waals surface area contributed by atoms with Crippen molar-refractivity contribution in [3.05, 3.63) is 28.8 Å². The highest BCUT2D eigenvalue weighted by Crippen LogP contribution is 2.21. The fraction of sp³-hybridized carbons (Fsp3) is 0.364. The third-order valence-electron chi connectivity index (χ3n) is 2.50. The Labute approximate surface area is 98.7 Å².